The molecule has 0 radical (unpaired) electrons. The Morgan fingerprint density at radius 1 is 1.23 bits per heavy atom. The van der Waals surface area contributed by atoms with Crippen molar-refractivity contribution in [1.29, 1.82) is 5.26 Å². The summed E-state index contributed by atoms with van der Waals surface area (Å²) in [6, 6.07) is 7.66. The van der Waals surface area contributed by atoms with E-state index >= 15 is 0 Å². The second kappa shape index (κ2) is 5.66. The molecule has 0 saturated carbocycles. The lowest BCUT2D eigenvalue weighted by molar-refractivity contribution is 0.419. The molecule has 2 aromatic heterocycles. The van der Waals surface area contributed by atoms with Crippen molar-refractivity contribution < 1.29 is 4.74 Å². The summed E-state index contributed by atoms with van der Waals surface area (Å²) in [5.41, 5.74) is 2.96. The maximum Gasteiger partial charge on any atom is 0.223 e. The van der Waals surface area contributed by atoms with Gasteiger partial charge in [0.25, 0.3) is 0 Å². The minimum atomic E-state index is 0.509. The Morgan fingerprint density at radius 3 is 2.82 bits per heavy atom. The van der Waals surface area contributed by atoms with E-state index < -0.39 is 0 Å². The lowest BCUT2D eigenvalue weighted by Crippen LogP contribution is -1.98. The van der Waals surface area contributed by atoms with Crippen LogP contribution in [0.25, 0.3) is 22.0 Å². The van der Waals surface area contributed by atoms with Crippen LogP contribution in [0.5, 0.6) is 5.75 Å². The predicted octanol–water partition coefficient (Wildman–Crippen LogP) is 2.61. The monoisotopic (exact) mass is 291 g/mol. The van der Waals surface area contributed by atoms with E-state index in [2.05, 4.69) is 26.3 Å². The number of ether oxygens (including phenoxy) is 1. The summed E-state index contributed by atoms with van der Waals surface area (Å²) >= 11 is 0. The Labute approximate surface area is 127 Å². The highest BCUT2D eigenvalue weighted by Gasteiger charge is 2.12. The number of pyridine rings is 1. The first-order valence-corrected chi connectivity index (χ1v) is 6.64. The van der Waals surface area contributed by atoms with Gasteiger partial charge < -0.3 is 10.1 Å². The van der Waals surface area contributed by atoms with Crippen LogP contribution in [0.4, 0.5) is 5.95 Å². The number of hydrogen-bond acceptors (Lipinski definition) is 6. The topological polar surface area (TPSA) is 83.7 Å². The molecule has 1 N–H and O–H groups in total. The van der Waals surface area contributed by atoms with Gasteiger partial charge in [-0.1, -0.05) is 0 Å². The van der Waals surface area contributed by atoms with Crippen molar-refractivity contribution in [3.63, 3.8) is 0 Å². The molecule has 0 spiro atoms. The van der Waals surface area contributed by atoms with Gasteiger partial charge in [0.15, 0.2) is 0 Å². The number of hydrogen-bond donors (Lipinski definition) is 1. The van der Waals surface area contributed by atoms with Crippen molar-refractivity contribution in [2.75, 3.05) is 19.5 Å². The number of nitrogens with one attached hydrogen (secondary N) is 1. The summed E-state index contributed by atoms with van der Waals surface area (Å²) in [5, 5.41) is 12.8. The van der Waals surface area contributed by atoms with Crippen LogP contribution in [0.15, 0.2) is 36.8 Å². The third kappa shape index (κ3) is 2.29. The summed E-state index contributed by atoms with van der Waals surface area (Å²) in [4.78, 5) is 12.8. The largest absolute Gasteiger partial charge is 0.494 e. The van der Waals surface area contributed by atoms with Gasteiger partial charge in [0, 0.05) is 36.6 Å². The summed E-state index contributed by atoms with van der Waals surface area (Å²) < 4.78 is 5.38. The highest BCUT2D eigenvalue weighted by atomic mass is 16.5. The molecular weight excluding hydrogens is 278 g/mol. The number of methoxy groups -OCH3 is 1. The molecule has 0 aliphatic rings. The van der Waals surface area contributed by atoms with E-state index in [9.17, 15) is 0 Å². The van der Waals surface area contributed by atoms with Gasteiger partial charge in [-0.15, -0.1) is 0 Å². The fourth-order valence-electron chi connectivity index (χ4n) is 2.28. The molecule has 6 nitrogen and oxygen atoms in total. The van der Waals surface area contributed by atoms with Crippen LogP contribution in [-0.4, -0.2) is 29.1 Å². The zero-order valence-corrected chi connectivity index (χ0v) is 12.2. The van der Waals surface area contributed by atoms with Crippen molar-refractivity contribution in [2.45, 2.75) is 0 Å². The van der Waals surface area contributed by atoms with Gasteiger partial charge in [-0.3, -0.25) is 4.98 Å². The van der Waals surface area contributed by atoms with Crippen LogP contribution in [0, 0.1) is 11.3 Å². The molecule has 1 aromatic carbocycles. The van der Waals surface area contributed by atoms with Gasteiger partial charge in [0.05, 0.1) is 12.7 Å². The molecule has 0 fully saturated rings. The zero-order chi connectivity index (χ0) is 15.5. The summed E-state index contributed by atoms with van der Waals surface area (Å²) in [7, 11) is 3.37. The Morgan fingerprint density at radius 2 is 2.09 bits per heavy atom. The van der Waals surface area contributed by atoms with Crippen LogP contribution in [0.2, 0.25) is 0 Å². The Bertz CT molecular complexity index is 885. The van der Waals surface area contributed by atoms with Crippen LogP contribution in [0.1, 0.15) is 5.56 Å². The molecule has 0 aliphatic heterocycles. The number of nitriles is 1. The van der Waals surface area contributed by atoms with Gasteiger partial charge in [0.2, 0.25) is 5.95 Å². The maximum absolute atomic E-state index is 9.03. The molecule has 2 heterocycles. The van der Waals surface area contributed by atoms with E-state index in [0.717, 1.165) is 16.5 Å². The number of anilines is 1. The van der Waals surface area contributed by atoms with Gasteiger partial charge in [0.1, 0.15) is 17.3 Å². The number of rotatable bonds is 3. The number of nitrogens with zero attached hydrogens (tertiary/aromatic N) is 4. The molecule has 108 valence electrons. The van der Waals surface area contributed by atoms with Crippen LogP contribution < -0.4 is 10.1 Å². The highest BCUT2D eigenvalue weighted by molar-refractivity contribution is 5.97. The fourth-order valence-corrected chi connectivity index (χ4v) is 2.28. The lowest BCUT2D eigenvalue weighted by atomic mass is 10.0. The Balaban J connectivity index is 2.29. The number of benzene rings is 1. The molecule has 0 aliphatic carbocycles. The molecule has 22 heavy (non-hydrogen) atoms. The van der Waals surface area contributed by atoms with E-state index in [1.54, 1.807) is 32.6 Å². The first-order chi connectivity index (χ1) is 10.8. The zero-order valence-electron chi connectivity index (χ0n) is 12.2. The van der Waals surface area contributed by atoms with Crippen molar-refractivity contribution in [2.24, 2.45) is 0 Å². The van der Waals surface area contributed by atoms with E-state index in [4.69, 9.17) is 10.00 Å². The standard InChI is InChI=1S/C16H13N5O/c1-18-16-20-9-13-12(3-4-14(22-2)15(13)21-16)11-5-10(6-17)7-19-8-11/h3-5,7-9H,1-2H3,(H,18,20,21). The highest BCUT2D eigenvalue weighted by Crippen LogP contribution is 2.33. The SMILES string of the molecule is CNc1ncc2c(-c3cncc(C#N)c3)ccc(OC)c2n1. The quantitative estimate of drug-likeness (QED) is 0.798. The average Bonchev–Trinajstić information content (AvgIpc) is 2.60. The second-order valence-electron chi connectivity index (χ2n) is 4.60. The fraction of sp³-hybridized carbons (Fsp3) is 0.125. The lowest BCUT2D eigenvalue weighted by Gasteiger charge is -2.10. The minimum absolute atomic E-state index is 0.509. The van der Waals surface area contributed by atoms with Gasteiger partial charge >= 0.3 is 0 Å². The molecule has 6 heteroatoms. The van der Waals surface area contributed by atoms with Gasteiger partial charge in [-0.25, -0.2) is 9.97 Å². The Kier molecular flexibility index (Phi) is 3.54. The van der Waals surface area contributed by atoms with E-state index in [1.165, 1.54) is 6.20 Å². The van der Waals surface area contributed by atoms with Gasteiger partial charge in [-0.05, 0) is 23.8 Å². The van der Waals surface area contributed by atoms with Crippen molar-refractivity contribution >= 4 is 16.9 Å². The molecule has 0 saturated heterocycles. The molecule has 3 aromatic rings. The summed E-state index contributed by atoms with van der Waals surface area (Å²) in [5.74, 6) is 1.19. The van der Waals surface area contributed by atoms with Gasteiger partial charge in [-0.2, -0.15) is 5.26 Å². The minimum Gasteiger partial charge on any atom is -0.494 e. The van der Waals surface area contributed by atoms with E-state index in [-0.39, 0.29) is 0 Å². The first-order valence-electron chi connectivity index (χ1n) is 6.64. The maximum atomic E-state index is 9.03. The van der Waals surface area contributed by atoms with E-state index in [1.807, 2.05) is 12.1 Å². The third-order valence-electron chi connectivity index (χ3n) is 3.34. The predicted molar refractivity (Wildman–Crippen MR) is 83.6 cm³/mol. The smallest absolute Gasteiger partial charge is 0.223 e. The molecule has 0 amide bonds. The second-order valence-corrected chi connectivity index (χ2v) is 4.60. The molecule has 0 bridgehead atoms. The molecule has 3 rings (SSSR count). The van der Waals surface area contributed by atoms with Crippen LogP contribution >= 0.6 is 0 Å². The van der Waals surface area contributed by atoms with Crippen molar-refractivity contribution in [3.05, 3.63) is 42.4 Å². The number of fused-ring (bicyclic) bond motifs is 1. The molecular formula is C16H13N5O. The number of aromatic nitrogens is 3. The van der Waals surface area contributed by atoms with Crippen molar-refractivity contribution in [3.8, 4) is 22.9 Å². The molecule has 0 unspecified atom stereocenters. The summed E-state index contributed by atoms with van der Waals surface area (Å²) in [6.45, 7) is 0. The summed E-state index contributed by atoms with van der Waals surface area (Å²) in [6.07, 6.45) is 4.99. The third-order valence-corrected chi connectivity index (χ3v) is 3.34. The molecule has 0 atom stereocenters. The average molecular weight is 291 g/mol. The normalized spacial score (nSPS) is 10.2. The van der Waals surface area contributed by atoms with Crippen molar-refractivity contribution in [1.82, 2.24) is 15.0 Å². The first kappa shape index (κ1) is 13.8. The van der Waals surface area contributed by atoms with Crippen LogP contribution in [0.3, 0.4) is 0 Å². The van der Waals surface area contributed by atoms with Crippen LogP contribution in [-0.2, 0) is 0 Å². The Hall–Kier alpha value is -3.20. The van der Waals surface area contributed by atoms with E-state index in [0.29, 0.717) is 22.8 Å².